The number of hydrogen-bond acceptors (Lipinski definition) is 2. The van der Waals surface area contributed by atoms with Crippen molar-refractivity contribution in [2.45, 2.75) is 43.1 Å². The van der Waals surface area contributed by atoms with Gasteiger partial charge in [0.1, 0.15) is 5.82 Å². The Kier molecular flexibility index (Phi) is 5.59. The van der Waals surface area contributed by atoms with E-state index in [-0.39, 0.29) is 17.5 Å². The monoisotopic (exact) mass is 511 g/mol. The average Bonchev–Trinajstić information content (AvgIpc) is 2.81. The third-order valence-electron chi connectivity index (χ3n) is 7.38. The van der Waals surface area contributed by atoms with Crippen LogP contribution in [0.3, 0.4) is 0 Å². The van der Waals surface area contributed by atoms with Crippen LogP contribution in [0.4, 0.5) is 36.4 Å². The number of carbonyl (C=O) groups excluding carboxylic acids is 1. The fraction of sp³-hybridized carbons (Fsp3) is 0.346. The minimum Gasteiger partial charge on any atom is -0.369 e. The molecule has 0 spiro atoms. The van der Waals surface area contributed by atoms with Crippen LogP contribution in [0.2, 0.25) is 0 Å². The largest absolute Gasteiger partial charge is 0.430 e. The molecule has 36 heavy (non-hydrogen) atoms. The maximum atomic E-state index is 14.6. The smallest absolute Gasteiger partial charge is 0.369 e. The highest BCUT2D eigenvalue weighted by molar-refractivity contribution is 6.07. The van der Waals surface area contributed by atoms with Crippen LogP contribution in [0.1, 0.15) is 57.8 Å². The first-order chi connectivity index (χ1) is 16.8. The summed E-state index contributed by atoms with van der Waals surface area (Å²) in [4.78, 5) is 13.1. The number of benzene rings is 2. The van der Waals surface area contributed by atoms with Gasteiger partial charge >= 0.3 is 12.4 Å². The number of hydrogen-bond donors (Lipinski definition) is 2. The quantitative estimate of drug-likeness (QED) is 0.439. The van der Waals surface area contributed by atoms with Gasteiger partial charge in [-0.3, -0.25) is 4.79 Å². The van der Waals surface area contributed by atoms with Gasteiger partial charge < -0.3 is 10.4 Å². The zero-order valence-corrected chi connectivity index (χ0v) is 18.6. The summed E-state index contributed by atoms with van der Waals surface area (Å²) in [6.07, 6.45) is -1.04. The van der Waals surface area contributed by atoms with Gasteiger partial charge in [-0.1, -0.05) is 42.9 Å². The molecule has 0 saturated heterocycles. The van der Waals surface area contributed by atoms with Crippen molar-refractivity contribution < 1.29 is 40.6 Å². The Morgan fingerprint density at radius 3 is 2.17 bits per heavy atom. The molecule has 0 heterocycles. The van der Waals surface area contributed by atoms with Gasteiger partial charge in [0.05, 0.1) is 5.69 Å². The van der Waals surface area contributed by atoms with Crippen LogP contribution in [0.15, 0.2) is 42.5 Å². The van der Waals surface area contributed by atoms with E-state index in [1.165, 1.54) is 0 Å². The summed E-state index contributed by atoms with van der Waals surface area (Å²) in [6, 6.07) is 4.12. The first kappa shape index (κ1) is 24.5. The van der Waals surface area contributed by atoms with Crippen LogP contribution in [0.5, 0.6) is 0 Å². The molecule has 0 aromatic heterocycles. The summed E-state index contributed by atoms with van der Waals surface area (Å²) in [6.45, 7) is 0. The van der Waals surface area contributed by atoms with Gasteiger partial charge in [-0.15, -0.1) is 0 Å². The van der Waals surface area contributed by atoms with Crippen LogP contribution in [-0.2, 0) is 5.60 Å². The fourth-order valence-electron chi connectivity index (χ4n) is 5.64. The van der Waals surface area contributed by atoms with Crippen LogP contribution < -0.4 is 5.32 Å². The zero-order chi connectivity index (χ0) is 26.0. The zero-order valence-electron chi connectivity index (χ0n) is 18.6. The van der Waals surface area contributed by atoms with Crippen molar-refractivity contribution >= 4 is 23.7 Å². The number of carbonyl (C=O) groups is 1. The summed E-state index contributed by atoms with van der Waals surface area (Å²) in [5.74, 6) is -1.42. The lowest BCUT2D eigenvalue weighted by Gasteiger charge is -2.42. The van der Waals surface area contributed by atoms with E-state index in [1.807, 2.05) is 12.2 Å². The predicted octanol–water partition coefficient (Wildman–Crippen LogP) is 6.94. The van der Waals surface area contributed by atoms with E-state index in [4.69, 9.17) is 0 Å². The molecule has 1 fully saturated rings. The van der Waals surface area contributed by atoms with Crippen molar-refractivity contribution in [2.75, 3.05) is 5.32 Å². The van der Waals surface area contributed by atoms with Gasteiger partial charge in [0.15, 0.2) is 0 Å². The van der Waals surface area contributed by atoms with Crippen molar-refractivity contribution in [3.8, 4) is 0 Å². The van der Waals surface area contributed by atoms with Gasteiger partial charge in [0, 0.05) is 11.1 Å². The Labute approximate surface area is 201 Å². The van der Waals surface area contributed by atoms with Gasteiger partial charge in [-0.25, -0.2) is 4.39 Å². The van der Waals surface area contributed by atoms with E-state index in [2.05, 4.69) is 17.5 Å². The summed E-state index contributed by atoms with van der Waals surface area (Å²) >= 11 is 0. The number of amides is 1. The first-order valence-corrected chi connectivity index (χ1v) is 11.3. The van der Waals surface area contributed by atoms with E-state index in [0.29, 0.717) is 29.5 Å². The van der Waals surface area contributed by atoms with Crippen LogP contribution in [-0.4, -0.2) is 23.4 Å². The predicted molar refractivity (Wildman–Crippen MR) is 118 cm³/mol. The number of halogens is 7. The van der Waals surface area contributed by atoms with Crippen LogP contribution >= 0.6 is 0 Å². The van der Waals surface area contributed by atoms with Gasteiger partial charge in [0.25, 0.3) is 11.5 Å². The Hall–Kier alpha value is -3.14. The number of allylic oxidation sites excluding steroid dienone is 2. The molecule has 10 heteroatoms. The molecule has 2 aromatic carbocycles. The Balaban J connectivity index is 1.48. The highest BCUT2D eigenvalue weighted by Crippen LogP contribution is 2.52. The fourth-order valence-corrected chi connectivity index (χ4v) is 5.64. The molecule has 3 atom stereocenters. The molecular formula is C26H20F7NO2. The SMILES string of the molecule is O=C(Nc1ccc(C(O)(C(F)(F)F)C(F)(F)F)cc1F)c1ccc2c3c1C=CC1CCCC(C=C2)C31. The molecular weight excluding hydrogens is 491 g/mol. The second-order valence-electron chi connectivity index (χ2n) is 9.39. The van der Waals surface area contributed by atoms with Crippen LogP contribution in [0.25, 0.3) is 12.2 Å². The number of aliphatic hydroxyl groups is 1. The number of rotatable bonds is 3. The lowest BCUT2D eigenvalue weighted by Crippen LogP contribution is -2.54. The Bertz CT molecular complexity index is 1280. The topological polar surface area (TPSA) is 49.3 Å². The lowest BCUT2D eigenvalue weighted by atomic mass is 9.62. The molecule has 1 amide bonds. The molecule has 190 valence electrons. The second-order valence-corrected chi connectivity index (χ2v) is 9.39. The second kappa shape index (κ2) is 8.19. The molecule has 5 rings (SSSR count). The molecule has 2 aromatic rings. The third kappa shape index (κ3) is 3.65. The van der Waals surface area contributed by atoms with E-state index < -0.39 is 40.9 Å². The van der Waals surface area contributed by atoms with Gasteiger partial charge in [-0.2, -0.15) is 26.3 Å². The van der Waals surface area contributed by atoms with Crippen molar-refractivity contribution in [2.24, 2.45) is 11.8 Å². The summed E-state index contributed by atoms with van der Waals surface area (Å²) in [7, 11) is 0. The highest BCUT2D eigenvalue weighted by Gasteiger charge is 2.71. The number of anilines is 1. The lowest BCUT2D eigenvalue weighted by molar-refractivity contribution is -0.376. The average molecular weight is 511 g/mol. The molecule has 3 nitrogen and oxygen atoms in total. The van der Waals surface area contributed by atoms with E-state index in [9.17, 15) is 40.6 Å². The highest BCUT2D eigenvalue weighted by atomic mass is 19.4. The van der Waals surface area contributed by atoms with E-state index >= 15 is 0 Å². The van der Waals surface area contributed by atoms with Gasteiger partial charge in [0.2, 0.25) is 0 Å². The van der Waals surface area contributed by atoms with E-state index in [0.717, 1.165) is 30.4 Å². The normalized spacial score (nSPS) is 22.8. The first-order valence-electron chi connectivity index (χ1n) is 11.3. The number of alkyl halides is 6. The maximum absolute atomic E-state index is 14.6. The van der Waals surface area contributed by atoms with Crippen LogP contribution in [0, 0.1) is 17.7 Å². The minimum atomic E-state index is -6.15. The molecule has 1 saturated carbocycles. The molecule has 0 aliphatic heterocycles. The molecule has 2 N–H and O–H groups in total. The summed E-state index contributed by atoms with van der Waals surface area (Å²) < 4.78 is 93.4. The third-order valence-corrected chi connectivity index (χ3v) is 7.38. The summed E-state index contributed by atoms with van der Waals surface area (Å²) in [5, 5.41) is 11.7. The van der Waals surface area contributed by atoms with Gasteiger partial charge in [-0.05, 0) is 65.5 Å². The molecule has 3 unspecified atom stereocenters. The molecule has 3 aliphatic rings. The number of nitrogens with one attached hydrogen (secondary N) is 1. The Morgan fingerprint density at radius 2 is 1.56 bits per heavy atom. The maximum Gasteiger partial charge on any atom is 0.430 e. The standard InChI is InChI=1S/C26H20F7NO2/c27-19-12-16(24(36,25(28,29)30)26(31,32)33)8-11-20(19)34-23(35)18-10-7-15-5-4-13-2-1-3-14-6-9-17(18)22(15)21(13)14/h4-14,21,36H,1-3H2,(H,34,35). The van der Waals surface area contributed by atoms with Crippen molar-refractivity contribution in [1.82, 2.24) is 0 Å². The Morgan fingerprint density at radius 1 is 0.917 bits per heavy atom. The van der Waals surface area contributed by atoms with E-state index in [1.54, 1.807) is 12.1 Å². The van der Waals surface area contributed by atoms with Crippen molar-refractivity contribution in [3.63, 3.8) is 0 Å². The molecule has 0 bridgehead atoms. The van der Waals surface area contributed by atoms with Crippen molar-refractivity contribution in [3.05, 3.63) is 76.1 Å². The van der Waals surface area contributed by atoms with Crippen molar-refractivity contribution in [1.29, 1.82) is 0 Å². The summed E-state index contributed by atoms with van der Waals surface area (Å²) in [5.41, 5.74) is -4.74. The molecule has 0 radical (unpaired) electrons. The molecule has 3 aliphatic carbocycles. The minimum absolute atomic E-state index is 0.0740.